The topological polar surface area (TPSA) is 54.7 Å². The number of para-hydroxylation sites is 1. The third-order valence-electron chi connectivity index (χ3n) is 4.31. The molecule has 2 heterocycles. The van der Waals surface area contributed by atoms with E-state index in [0.29, 0.717) is 11.3 Å². The van der Waals surface area contributed by atoms with Gasteiger partial charge in [0, 0.05) is 11.4 Å². The number of fused-ring (bicyclic) bond motifs is 1. The Labute approximate surface area is 145 Å². The van der Waals surface area contributed by atoms with Crippen molar-refractivity contribution in [2.75, 3.05) is 17.3 Å². The fourth-order valence-corrected chi connectivity index (χ4v) is 3.06. The first-order valence-corrected chi connectivity index (χ1v) is 8.07. The molecule has 5 heteroatoms. The maximum Gasteiger partial charge on any atom is 0.262 e. The molecule has 1 N–H and O–H groups in total. The van der Waals surface area contributed by atoms with Gasteiger partial charge in [0.25, 0.3) is 5.91 Å². The number of anilines is 2. The number of rotatable bonds is 3. The van der Waals surface area contributed by atoms with Crippen LogP contribution in [0.3, 0.4) is 0 Å². The molecule has 1 aromatic heterocycles. The summed E-state index contributed by atoms with van der Waals surface area (Å²) in [6.45, 7) is 1.89. The molecule has 0 unspecified atom stereocenters. The molecule has 25 heavy (non-hydrogen) atoms. The number of amides is 1. The number of aryl methyl sites for hydroxylation is 1. The van der Waals surface area contributed by atoms with Crippen molar-refractivity contribution >= 4 is 17.3 Å². The number of furan rings is 1. The minimum absolute atomic E-state index is 0.0708. The van der Waals surface area contributed by atoms with Crippen molar-refractivity contribution in [2.24, 2.45) is 0 Å². The van der Waals surface area contributed by atoms with Crippen LogP contribution in [0, 0.1) is 6.92 Å². The summed E-state index contributed by atoms with van der Waals surface area (Å²) in [7, 11) is 1.62. The quantitative estimate of drug-likeness (QED) is 0.773. The Hall–Kier alpha value is -3.21. The molecular formula is C20H18N2O3. The Balaban J connectivity index is 1.82. The number of nitrogens with zero attached hydrogens (tertiary/aromatic N) is 1. The summed E-state index contributed by atoms with van der Waals surface area (Å²) in [5.74, 6) is 2.17. The predicted molar refractivity (Wildman–Crippen MR) is 96.1 cm³/mol. The molecule has 1 atom stereocenters. The van der Waals surface area contributed by atoms with E-state index in [1.807, 2.05) is 67.6 Å². The van der Waals surface area contributed by atoms with Crippen molar-refractivity contribution in [3.05, 3.63) is 77.7 Å². The fourth-order valence-electron chi connectivity index (χ4n) is 3.06. The van der Waals surface area contributed by atoms with Crippen LogP contribution in [0.15, 0.2) is 65.1 Å². The number of nitrogens with one attached hydrogen (secondary N) is 1. The van der Waals surface area contributed by atoms with E-state index in [9.17, 15) is 4.79 Å². The van der Waals surface area contributed by atoms with Gasteiger partial charge in [0.2, 0.25) is 0 Å². The van der Waals surface area contributed by atoms with Gasteiger partial charge in [0.15, 0.2) is 6.17 Å². The van der Waals surface area contributed by atoms with Crippen LogP contribution in [0.5, 0.6) is 5.75 Å². The average molecular weight is 334 g/mol. The van der Waals surface area contributed by atoms with Gasteiger partial charge in [0.05, 0.1) is 12.7 Å². The summed E-state index contributed by atoms with van der Waals surface area (Å²) in [6.07, 6.45) is -0.413. The van der Waals surface area contributed by atoms with Crippen molar-refractivity contribution in [1.82, 2.24) is 0 Å². The summed E-state index contributed by atoms with van der Waals surface area (Å²) >= 11 is 0. The number of benzene rings is 2. The highest BCUT2D eigenvalue weighted by molar-refractivity contribution is 6.12. The minimum Gasteiger partial charge on any atom is -0.497 e. The van der Waals surface area contributed by atoms with Crippen LogP contribution in [-0.2, 0) is 0 Å². The lowest BCUT2D eigenvalue weighted by Gasteiger charge is -2.36. The molecule has 2 aromatic carbocycles. The summed E-state index contributed by atoms with van der Waals surface area (Å²) < 4.78 is 11.0. The Morgan fingerprint density at radius 1 is 1.04 bits per heavy atom. The normalized spacial score (nSPS) is 16.3. The Morgan fingerprint density at radius 3 is 2.48 bits per heavy atom. The highest BCUT2D eigenvalue weighted by Crippen LogP contribution is 2.37. The van der Waals surface area contributed by atoms with E-state index in [1.165, 1.54) is 0 Å². The molecule has 0 bridgehead atoms. The molecule has 1 aliphatic heterocycles. The second kappa shape index (κ2) is 6.02. The van der Waals surface area contributed by atoms with E-state index in [2.05, 4.69) is 5.32 Å². The van der Waals surface area contributed by atoms with Crippen molar-refractivity contribution in [2.45, 2.75) is 13.1 Å². The summed E-state index contributed by atoms with van der Waals surface area (Å²) in [5, 5.41) is 3.41. The van der Waals surface area contributed by atoms with Crippen LogP contribution < -0.4 is 15.0 Å². The monoisotopic (exact) mass is 334 g/mol. The largest absolute Gasteiger partial charge is 0.497 e. The number of carbonyl (C=O) groups excluding carboxylic acids is 1. The highest BCUT2D eigenvalue weighted by Gasteiger charge is 2.35. The van der Waals surface area contributed by atoms with Gasteiger partial charge in [-0.05, 0) is 55.5 Å². The standard InChI is InChI=1S/C20H18N2O3/c1-13-7-12-18(25-13)19-21-17-6-4-3-5-16(17)20(23)22(19)14-8-10-15(24-2)11-9-14/h3-12,19,21H,1-2H3/t19-/m0/s1. The Morgan fingerprint density at radius 2 is 1.80 bits per heavy atom. The lowest BCUT2D eigenvalue weighted by atomic mass is 10.1. The van der Waals surface area contributed by atoms with Crippen LogP contribution in [0.25, 0.3) is 0 Å². The third-order valence-corrected chi connectivity index (χ3v) is 4.31. The van der Waals surface area contributed by atoms with Gasteiger partial charge in [-0.15, -0.1) is 0 Å². The smallest absolute Gasteiger partial charge is 0.262 e. The molecule has 0 spiro atoms. The summed E-state index contributed by atoms with van der Waals surface area (Å²) in [5.41, 5.74) is 2.21. The summed E-state index contributed by atoms with van der Waals surface area (Å²) in [4.78, 5) is 14.9. The van der Waals surface area contributed by atoms with Crippen molar-refractivity contribution < 1.29 is 13.9 Å². The van der Waals surface area contributed by atoms with E-state index in [0.717, 1.165) is 22.9 Å². The van der Waals surface area contributed by atoms with Gasteiger partial charge in [-0.2, -0.15) is 0 Å². The first-order chi connectivity index (χ1) is 12.2. The van der Waals surface area contributed by atoms with Crippen molar-refractivity contribution in [3.63, 3.8) is 0 Å². The predicted octanol–water partition coefficient (Wildman–Crippen LogP) is 4.37. The first kappa shape index (κ1) is 15.3. The molecule has 0 fully saturated rings. The number of carbonyl (C=O) groups is 1. The first-order valence-electron chi connectivity index (χ1n) is 8.07. The second-order valence-corrected chi connectivity index (χ2v) is 5.91. The molecule has 4 rings (SSSR count). The number of ether oxygens (including phenoxy) is 1. The molecule has 0 saturated heterocycles. The van der Waals surface area contributed by atoms with Gasteiger partial charge < -0.3 is 14.5 Å². The molecule has 0 radical (unpaired) electrons. The summed E-state index contributed by atoms with van der Waals surface area (Å²) in [6, 6.07) is 18.7. The highest BCUT2D eigenvalue weighted by atomic mass is 16.5. The molecule has 0 aliphatic carbocycles. The van der Waals surface area contributed by atoms with Gasteiger partial charge in [0.1, 0.15) is 17.3 Å². The number of hydrogen-bond donors (Lipinski definition) is 1. The maximum absolute atomic E-state index is 13.2. The van der Waals surface area contributed by atoms with Crippen molar-refractivity contribution in [1.29, 1.82) is 0 Å². The van der Waals surface area contributed by atoms with E-state index in [-0.39, 0.29) is 5.91 Å². The third kappa shape index (κ3) is 2.63. The molecule has 3 aromatic rings. The van der Waals surface area contributed by atoms with E-state index in [4.69, 9.17) is 9.15 Å². The molecule has 0 saturated carbocycles. The fraction of sp³-hybridized carbons (Fsp3) is 0.150. The van der Waals surface area contributed by atoms with Crippen LogP contribution >= 0.6 is 0 Å². The maximum atomic E-state index is 13.2. The van der Waals surface area contributed by atoms with Gasteiger partial charge in [-0.25, -0.2) is 0 Å². The lowest BCUT2D eigenvalue weighted by molar-refractivity contribution is 0.0971. The van der Waals surface area contributed by atoms with Crippen molar-refractivity contribution in [3.8, 4) is 5.75 Å². The minimum atomic E-state index is -0.413. The Kier molecular flexibility index (Phi) is 3.69. The molecule has 1 amide bonds. The number of hydrogen-bond acceptors (Lipinski definition) is 4. The van der Waals surface area contributed by atoms with Gasteiger partial charge in [-0.1, -0.05) is 12.1 Å². The van der Waals surface area contributed by atoms with E-state index in [1.54, 1.807) is 12.0 Å². The zero-order valence-corrected chi connectivity index (χ0v) is 14.0. The zero-order valence-electron chi connectivity index (χ0n) is 14.0. The average Bonchev–Trinajstić information content (AvgIpc) is 3.08. The number of methoxy groups -OCH3 is 1. The second-order valence-electron chi connectivity index (χ2n) is 5.91. The van der Waals surface area contributed by atoms with Crippen LogP contribution in [0.2, 0.25) is 0 Å². The lowest BCUT2D eigenvalue weighted by Crippen LogP contribution is -2.43. The molecule has 5 nitrogen and oxygen atoms in total. The van der Waals surface area contributed by atoms with E-state index < -0.39 is 6.17 Å². The van der Waals surface area contributed by atoms with E-state index >= 15 is 0 Å². The molecule has 126 valence electrons. The SMILES string of the molecule is COc1ccc(N2C(=O)c3ccccc3N[C@@H]2c2ccc(C)o2)cc1. The van der Waals surface area contributed by atoms with Crippen LogP contribution in [-0.4, -0.2) is 13.0 Å². The Bertz CT molecular complexity index is 915. The van der Waals surface area contributed by atoms with Gasteiger partial charge >= 0.3 is 0 Å². The molecule has 1 aliphatic rings. The van der Waals surface area contributed by atoms with Crippen LogP contribution in [0.4, 0.5) is 11.4 Å². The zero-order chi connectivity index (χ0) is 17.4. The van der Waals surface area contributed by atoms with Gasteiger partial charge in [-0.3, -0.25) is 9.69 Å². The van der Waals surface area contributed by atoms with Crippen LogP contribution in [0.1, 0.15) is 28.0 Å². The molecular weight excluding hydrogens is 316 g/mol.